The fourth-order valence-electron chi connectivity index (χ4n) is 2.31. The summed E-state index contributed by atoms with van der Waals surface area (Å²) in [4.78, 5) is 12.0. The lowest BCUT2D eigenvalue weighted by Crippen LogP contribution is -2.46. The van der Waals surface area contributed by atoms with Gasteiger partial charge in [0.1, 0.15) is 12.4 Å². The fourth-order valence-corrected chi connectivity index (χ4v) is 2.86. The molecule has 7 heteroatoms. The van der Waals surface area contributed by atoms with E-state index < -0.39 is 11.7 Å². The van der Waals surface area contributed by atoms with Gasteiger partial charge in [0.15, 0.2) is 5.66 Å². The van der Waals surface area contributed by atoms with Crippen molar-refractivity contribution < 1.29 is 9.53 Å². The molecule has 1 unspecified atom stereocenters. The molecule has 1 N–H and O–H groups in total. The number of urea groups is 1. The van der Waals surface area contributed by atoms with Crippen LogP contribution in [0.5, 0.6) is 5.75 Å². The Morgan fingerprint density at radius 2 is 2.18 bits per heavy atom. The number of hydrazine groups is 1. The zero-order valence-electron chi connectivity index (χ0n) is 11.8. The minimum Gasteiger partial charge on any atom is -0.481 e. The number of carbonyl (C=O) groups is 1. The standard InChI is InChI=1S/C15H15Cl2N3O2/c1-3-5-10-15(18-20(17)14(21)19(15)16)12-8-6-7-9-13(12)22-11-4-2/h2-3,6-9,18H,1,5,10-11H2. The van der Waals surface area contributed by atoms with Gasteiger partial charge >= 0.3 is 6.03 Å². The number of nitrogens with zero attached hydrogens (tertiary/aromatic N) is 2. The minimum atomic E-state index is -1.04. The van der Waals surface area contributed by atoms with Crippen LogP contribution in [-0.2, 0) is 5.66 Å². The van der Waals surface area contributed by atoms with E-state index in [2.05, 4.69) is 17.9 Å². The molecule has 2 rings (SSSR count). The van der Waals surface area contributed by atoms with Gasteiger partial charge in [0.2, 0.25) is 0 Å². The number of hydrogen-bond acceptors (Lipinski definition) is 3. The highest BCUT2D eigenvalue weighted by atomic mass is 35.5. The van der Waals surface area contributed by atoms with E-state index in [4.69, 9.17) is 34.7 Å². The van der Waals surface area contributed by atoms with Gasteiger partial charge in [0, 0.05) is 29.1 Å². The van der Waals surface area contributed by atoms with Gasteiger partial charge in [0.25, 0.3) is 0 Å². The average Bonchev–Trinajstić information content (AvgIpc) is 2.76. The summed E-state index contributed by atoms with van der Waals surface area (Å²) in [6.45, 7) is 3.81. The van der Waals surface area contributed by atoms with E-state index in [9.17, 15) is 4.79 Å². The van der Waals surface area contributed by atoms with E-state index in [0.29, 0.717) is 24.2 Å². The van der Waals surface area contributed by atoms with Crippen LogP contribution in [0.25, 0.3) is 0 Å². The summed E-state index contributed by atoms with van der Waals surface area (Å²) in [6.07, 6.45) is 8.05. The van der Waals surface area contributed by atoms with Crippen molar-refractivity contribution in [3.8, 4) is 18.1 Å². The van der Waals surface area contributed by atoms with Crippen LogP contribution in [0.1, 0.15) is 18.4 Å². The molecule has 116 valence electrons. The van der Waals surface area contributed by atoms with Crippen LogP contribution in [0.2, 0.25) is 0 Å². The van der Waals surface area contributed by atoms with E-state index in [-0.39, 0.29) is 6.61 Å². The van der Waals surface area contributed by atoms with Crippen molar-refractivity contribution in [3.05, 3.63) is 42.5 Å². The summed E-state index contributed by atoms with van der Waals surface area (Å²) in [5, 5.41) is 0. The van der Waals surface area contributed by atoms with Crippen molar-refractivity contribution in [1.82, 2.24) is 14.4 Å². The summed E-state index contributed by atoms with van der Waals surface area (Å²) in [5.74, 6) is 2.94. The van der Waals surface area contributed by atoms with Gasteiger partial charge < -0.3 is 4.74 Å². The molecule has 1 aromatic carbocycles. The number of ether oxygens (including phenoxy) is 1. The Hall–Kier alpha value is -1.87. The topological polar surface area (TPSA) is 44.8 Å². The largest absolute Gasteiger partial charge is 0.481 e. The van der Waals surface area contributed by atoms with Crippen molar-refractivity contribution in [2.45, 2.75) is 18.5 Å². The van der Waals surface area contributed by atoms with Crippen molar-refractivity contribution in [3.63, 3.8) is 0 Å². The summed E-state index contributed by atoms with van der Waals surface area (Å²) >= 11 is 12.1. The first-order valence-electron chi connectivity index (χ1n) is 6.57. The molecule has 1 heterocycles. The lowest BCUT2D eigenvalue weighted by molar-refractivity contribution is 0.184. The highest BCUT2D eigenvalue weighted by Crippen LogP contribution is 2.42. The maximum absolute atomic E-state index is 12.0. The van der Waals surface area contributed by atoms with Crippen LogP contribution in [0.4, 0.5) is 4.79 Å². The van der Waals surface area contributed by atoms with Gasteiger partial charge in [0.05, 0.1) is 0 Å². The zero-order valence-corrected chi connectivity index (χ0v) is 13.3. The average molecular weight is 340 g/mol. The number of terminal acetylenes is 1. The molecule has 0 radical (unpaired) electrons. The summed E-state index contributed by atoms with van der Waals surface area (Å²) < 4.78 is 7.42. The van der Waals surface area contributed by atoms with Crippen molar-refractivity contribution in [2.24, 2.45) is 0 Å². The van der Waals surface area contributed by atoms with Crippen LogP contribution in [0, 0.1) is 12.3 Å². The maximum Gasteiger partial charge on any atom is 0.366 e. The Balaban J connectivity index is 2.49. The molecule has 0 aromatic heterocycles. The Morgan fingerprint density at radius 3 is 2.77 bits per heavy atom. The highest BCUT2D eigenvalue weighted by molar-refractivity contribution is 6.28. The third kappa shape index (κ3) is 2.86. The van der Waals surface area contributed by atoms with Crippen LogP contribution in [-0.4, -0.2) is 21.6 Å². The van der Waals surface area contributed by atoms with E-state index in [1.165, 1.54) is 0 Å². The van der Waals surface area contributed by atoms with Gasteiger partial charge in [-0.3, -0.25) is 0 Å². The van der Waals surface area contributed by atoms with E-state index in [0.717, 1.165) is 8.95 Å². The Labute approximate surface area is 139 Å². The van der Waals surface area contributed by atoms with Crippen molar-refractivity contribution in [2.75, 3.05) is 6.61 Å². The molecular formula is C15H15Cl2N3O2. The Morgan fingerprint density at radius 1 is 1.45 bits per heavy atom. The number of benzene rings is 1. The van der Waals surface area contributed by atoms with Gasteiger partial charge in [-0.1, -0.05) is 30.2 Å². The van der Waals surface area contributed by atoms with Crippen LogP contribution < -0.4 is 10.2 Å². The summed E-state index contributed by atoms with van der Waals surface area (Å²) in [7, 11) is 0. The molecular weight excluding hydrogens is 325 g/mol. The molecule has 0 aliphatic carbocycles. The number of rotatable bonds is 6. The molecule has 1 aliphatic rings. The molecule has 1 saturated heterocycles. The quantitative estimate of drug-likeness (QED) is 0.491. The zero-order chi connectivity index (χ0) is 16.2. The number of para-hydroxylation sites is 1. The SMILES string of the molecule is C#CCOc1ccccc1C1(CCC=C)NN(Cl)C(=O)N1Cl. The smallest absolute Gasteiger partial charge is 0.366 e. The Bertz CT molecular complexity index is 617. The third-order valence-electron chi connectivity index (χ3n) is 3.31. The van der Waals surface area contributed by atoms with Crippen LogP contribution in [0.3, 0.4) is 0 Å². The molecule has 5 nitrogen and oxygen atoms in total. The predicted octanol–water partition coefficient (Wildman–Crippen LogP) is 3.37. The minimum absolute atomic E-state index is 0.107. The summed E-state index contributed by atoms with van der Waals surface area (Å²) in [5.41, 5.74) is 2.52. The highest BCUT2D eigenvalue weighted by Gasteiger charge is 2.51. The molecule has 0 bridgehead atoms. The van der Waals surface area contributed by atoms with Gasteiger partial charge in [-0.15, -0.1) is 13.0 Å². The lowest BCUT2D eigenvalue weighted by atomic mass is 9.94. The molecule has 1 atom stereocenters. The number of allylic oxidation sites excluding steroid dienone is 1. The molecule has 2 amide bonds. The first-order chi connectivity index (χ1) is 10.6. The first kappa shape index (κ1) is 16.5. The fraction of sp³-hybridized carbons (Fsp3) is 0.267. The maximum atomic E-state index is 12.0. The Kier molecular flexibility index (Phi) is 5.19. The number of amides is 2. The number of hydrogen-bond donors (Lipinski definition) is 1. The normalized spacial score (nSPS) is 20.9. The van der Waals surface area contributed by atoms with Crippen molar-refractivity contribution in [1.29, 1.82) is 0 Å². The van der Waals surface area contributed by atoms with E-state index in [1.54, 1.807) is 18.2 Å². The number of halogens is 2. The predicted molar refractivity (Wildman–Crippen MR) is 85.8 cm³/mol. The van der Waals surface area contributed by atoms with E-state index in [1.807, 2.05) is 12.1 Å². The van der Waals surface area contributed by atoms with Gasteiger partial charge in [-0.2, -0.15) is 9.95 Å². The third-order valence-corrected chi connectivity index (χ3v) is 3.97. The summed E-state index contributed by atoms with van der Waals surface area (Å²) in [6, 6.07) is 6.63. The number of nitrogens with one attached hydrogen (secondary N) is 1. The molecule has 1 fully saturated rings. The molecule has 0 spiro atoms. The van der Waals surface area contributed by atoms with E-state index >= 15 is 0 Å². The molecule has 0 saturated carbocycles. The van der Waals surface area contributed by atoms with Gasteiger partial charge in [-0.25, -0.2) is 9.21 Å². The second-order valence-electron chi connectivity index (χ2n) is 4.63. The molecule has 22 heavy (non-hydrogen) atoms. The first-order valence-corrected chi connectivity index (χ1v) is 7.25. The van der Waals surface area contributed by atoms with Gasteiger partial charge in [-0.05, 0) is 18.9 Å². The molecule has 1 aliphatic heterocycles. The van der Waals surface area contributed by atoms with Crippen LogP contribution in [0.15, 0.2) is 36.9 Å². The second kappa shape index (κ2) is 6.93. The molecule has 1 aromatic rings. The van der Waals surface area contributed by atoms with Crippen LogP contribution >= 0.6 is 23.6 Å². The monoisotopic (exact) mass is 339 g/mol. The van der Waals surface area contributed by atoms with Crippen molar-refractivity contribution >= 4 is 29.6 Å². The lowest BCUT2D eigenvalue weighted by Gasteiger charge is -2.33. The second-order valence-corrected chi connectivity index (χ2v) is 5.31. The number of carbonyl (C=O) groups excluding carboxylic acids is 1.